The Labute approximate surface area is 49.2 Å². The van der Waals surface area contributed by atoms with Gasteiger partial charge in [-0.3, -0.25) is 0 Å². The minimum absolute atomic E-state index is 0.0757. The van der Waals surface area contributed by atoms with Gasteiger partial charge in [0.2, 0.25) is 0 Å². The Morgan fingerprint density at radius 1 is 1.25 bits per heavy atom. The smallest absolute Gasteiger partial charge is 0.0820 e. The molecule has 0 bridgehead atoms. The van der Waals surface area contributed by atoms with Gasteiger partial charge in [-0.1, -0.05) is 13.8 Å². The average Bonchev–Trinajstić information content (AvgIpc) is 1.68. The van der Waals surface area contributed by atoms with Crippen molar-refractivity contribution in [2.75, 3.05) is 11.5 Å². The van der Waals surface area contributed by atoms with Gasteiger partial charge in [-0.25, -0.2) is 4.21 Å². The summed E-state index contributed by atoms with van der Waals surface area (Å²) in [6.07, 6.45) is 0. The highest BCUT2D eigenvalue weighted by Gasteiger charge is 2.23. The van der Waals surface area contributed by atoms with Gasteiger partial charge in [0.15, 0.2) is 0 Å². The molecule has 0 aliphatic carbocycles. The Morgan fingerprint density at radius 2 is 1.50 bits per heavy atom. The molecule has 8 heavy (non-hydrogen) atoms. The van der Waals surface area contributed by atoms with E-state index in [-0.39, 0.29) is 11.5 Å². The molecule has 0 unspecified atom stereocenters. The Bertz CT molecular complexity index is 124. The largest absolute Gasteiger partial charge is 0.308 e. The van der Waals surface area contributed by atoms with E-state index in [1.807, 2.05) is 0 Å². The lowest BCUT2D eigenvalue weighted by Gasteiger charge is -2.26. The summed E-state index contributed by atoms with van der Waals surface area (Å²) in [5.74, 6) is -0.151. The molecule has 0 aliphatic rings. The predicted octanol–water partition coefficient (Wildman–Crippen LogP) is 0.792. The maximum Gasteiger partial charge on any atom is 0.0820 e. The van der Waals surface area contributed by atoms with Crippen molar-refractivity contribution in [1.29, 1.82) is 0 Å². The average molecular weight is 140 g/mol. The third-order valence-electron chi connectivity index (χ3n) is 1.16. The number of hydrogen-bond acceptors (Lipinski definition) is 1. The molecular weight excluding hydrogens is 128 g/mol. The molecular formula is C4H12O3S. The molecule has 0 radical (unpaired) electrons. The first-order valence-electron chi connectivity index (χ1n) is 2.52. The maximum absolute atomic E-state index is 10.6. The fraction of sp³-hybridized carbons (Fsp3) is 1.00. The molecule has 0 fully saturated rings. The molecule has 0 amide bonds. The van der Waals surface area contributed by atoms with Gasteiger partial charge in [0, 0.05) is 11.5 Å². The molecule has 0 aliphatic heterocycles. The molecule has 0 heterocycles. The first kappa shape index (κ1) is 8.07. The molecule has 0 aromatic heterocycles. The molecule has 0 aromatic carbocycles. The van der Waals surface area contributed by atoms with Crippen molar-refractivity contribution >= 4 is 9.63 Å². The van der Waals surface area contributed by atoms with Crippen molar-refractivity contribution in [1.82, 2.24) is 0 Å². The summed E-state index contributed by atoms with van der Waals surface area (Å²) in [6, 6.07) is 0. The summed E-state index contributed by atoms with van der Waals surface area (Å²) in [5, 5.41) is 0. The van der Waals surface area contributed by atoms with Crippen LogP contribution in [0.1, 0.15) is 13.8 Å². The topological polar surface area (TPSA) is 57.5 Å². The van der Waals surface area contributed by atoms with Gasteiger partial charge in [-0.2, -0.15) is 0 Å². The molecule has 2 N–H and O–H groups in total. The molecule has 0 saturated carbocycles. The molecule has 0 rings (SSSR count). The fourth-order valence-corrected chi connectivity index (χ4v) is 0.612. The Kier molecular flexibility index (Phi) is 1.80. The number of rotatable bonds is 2. The van der Waals surface area contributed by atoms with E-state index in [4.69, 9.17) is 9.11 Å². The standard InChI is InChI=1S/C4H12O3S/c1-3-8(5,6,7)4-2/h3-4H2,1-2H3,(H2,5,6,7). The van der Waals surface area contributed by atoms with Crippen molar-refractivity contribution < 1.29 is 13.3 Å². The summed E-state index contributed by atoms with van der Waals surface area (Å²) in [6.45, 7) is 2.97. The number of hydrogen-bond donors (Lipinski definition) is 2. The van der Waals surface area contributed by atoms with Crippen LogP contribution >= 0.6 is 0 Å². The first-order valence-corrected chi connectivity index (χ1v) is 4.74. The highest BCUT2D eigenvalue weighted by Crippen LogP contribution is 2.13. The fourth-order valence-electron chi connectivity index (χ4n) is 0.204. The van der Waals surface area contributed by atoms with E-state index in [9.17, 15) is 4.21 Å². The lowest BCUT2D eigenvalue weighted by atomic mass is 11.0. The van der Waals surface area contributed by atoms with Gasteiger partial charge >= 0.3 is 0 Å². The van der Waals surface area contributed by atoms with Crippen molar-refractivity contribution in [3.8, 4) is 0 Å². The molecule has 0 aromatic rings. The van der Waals surface area contributed by atoms with E-state index in [2.05, 4.69) is 0 Å². The Balaban J connectivity index is 4.25. The van der Waals surface area contributed by atoms with Gasteiger partial charge in [-0.15, -0.1) is 0 Å². The lowest BCUT2D eigenvalue weighted by Crippen LogP contribution is -2.36. The monoisotopic (exact) mass is 140 g/mol. The summed E-state index contributed by atoms with van der Waals surface area (Å²) in [4.78, 5) is 0. The third kappa shape index (κ3) is 2.40. The van der Waals surface area contributed by atoms with Gasteiger partial charge in [0.25, 0.3) is 0 Å². The van der Waals surface area contributed by atoms with E-state index >= 15 is 0 Å². The van der Waals surface area contributed by atoms with Gasteiger partial charge in [0.1, 0.15) is 0 Å². The van der Waals surface area contributed by atoms with Crippen molar-refractivity contribution in [2.45, 2.75) is 13.8 Å². The van der Waals surface area contributed by atoms with Gasteiger partial charge in [0.05, 0.1) is 9.63 Å². The minimum Gasteiger partial charge on any atom is -0.308 e. The maximum atomic E-state index is 10.6. The third-order valence-corrected chi connectivity index (χ3v) is 3.48. The van der Waals surface area contributed by atoms with E-state index in [1.54, 1.807) is 0 Å². The second kappa shape index (κ2) is 1.79. The van der Waals surface area contributed by atoms with Crippen LogP contribution in [-0.4, -0.2) is 24.8 Å². The Morgan fingerprint density at radius 3 is 1.50 bits per heavy atom. The van der Waals surface area contributed by atoms with Crippen molar-refractivity contribution in [3.05, 3.63) is 0 Å². The highest BCUT2D eigenvalue weighted by molar-refractivity contribution is 8.10. The van der Waals surface area contributed by atoms with Crippen LogP contribution in [0.2, 0.25) is 0 Å². The SMILES string of the molecule is CCS(=O)(O)(O)CC. The molecule has 0 spiro atoms. The molecule has 0 atom stereocenters. The van der Waals surface area contributed by atoms with Crippen molar-refractivity contribution in [2.24, 2.45) is 0 Å². The molecule has 0 saturated heterocycles. The zero-order valence-corrected chi connectivity index (χ0v) is 5.94. The summed E-state index contributed by atoms with van der Waals surface area (Å²) < 4.78 is 28.0. The Hall–Kier alpha value is 0.0700. The van der Waals surface area contributed by atoms with Crippen LogP contribution < -0.4 is 0 Å². The van der Waals surface area contributed by atoms with E-state index in [0.29, 0.717) is 0 Å². The molecule has 52 valence electrons. The lowest BCUT2D eigenvalue weighted by molar-refractivity contribution is 0.393. The molecule has 4 heteroatoms. The van der Waals surface area contributed by atoms with Gasteiger partial charge in [-0.05, 0) is 0 Å². The minimum atomic E-state index is -4.13. The van der Waals surface area contributed by atoms with E-state index in [0.717, 1.165) is 0 Å². The van der Waals surface area contributed by atoms with Crippen molar-refractivity contribution in [3.63, 3.8) is 0 Å². The quantitative estimate of drug-likeness (QED) is 0.596. The van der Waals surface area contributed by atoms with Crippen LogP contribution in [0.15, 0.2) is 0 Å². The summed E-state index contributed by atoms with van der Waals surface area (Å²) in [5.41, 5.74) is 0. The zero-order valence-electron chi connectivity index (χ0n) is 5.13. The summed E-state index contributed by atoms with van der Waals surface area (Å²) >= 11 is 0. The zero-order chi connectivity index (χ0) is 6.86. The molecule has 3 nitrogen and oxygen atoms in total. The highest BCUT2D eigenvalue weighted by atomic mass is 32.3. The second-order valence-electron chi connectivity index (χ2n) is 1.76. The van der Waals surface area contributed by atoms with Crippen LogP contribution in [0.4, 0.5) is 0 Å². The van der Waals surface area contributed by atoms with Crippen LogP contribution in [0.3, 0.4) is 0 Å². The second-order valence-corrected chi connectivity index (χ2v) is 5.29. The van der Waals surface area contributed by atoms with E-state index < -0.39 is 9.63 Å². The van der Waals surface area contributed by atoms with Crippen LogP contribution in [0.25, 0.3) is 0 Å². The normalized spacial score (nSPS) is 17.2. The van der Waals surface area contributed by atoms with Crippen LogP contribution in [0, 0.1) is 0 Å². The summed E-state index contributed by atoms with van der Waals surface area (Å²) in [7, 11) is -4.13. The predicted molar refractivity (Wildman–Crippen MR) is 34.5 cm³/mol. The van der Waals surface area contributed by atoms with E-state index in [1.165, 1.54) is 13.8 Å². The van der Waals surface area contributed by atoms with Crippen LogP contribution in [-0.2, 0) is 9.63 Å². The first-order chi connectivity index (χ1) is 3.39. The van der Waals surface area contributed by atoms with Crippen LogP contribution in [0.5, 0.6) is 0 Å². The van der Waals surface area contributed by atoms with Gasteiger partial charge < -0.3 is 9.11 Å².